The second-order valence-corrected chi connectivity index (χ2v) is 5.15. The molecule has 5 heteroatoms. The van der Waals surface area contributed by atoms with E-state index < -0.39 is 11.5 Å². The van der Waals surface area contributed by atoms with Gasteiger partial charge < -0.3 is 10.6 Å². The average Bonchev–Trinajstić information content (AvgIpc) is 2.28. The summed E-state index contributed by atoms with van der Waals surface area (Å²) >= 11 is 0. The Morgan fingerprint density at radius 3 is 2.44 bits per heavy atom. The molecule has 1 aromatic heterocycles. The fraction of sp³-hybridized carbons (Fsp3) is 0.462. The highest BCUT2D eigenvalue weighted by Gasteiger charge is 2.25. The third-order valence-electron chi connectivity index (χ3n) is 2.34. The SMILES string of the molecule is CC(NC(=O)C(C)(C)C)C(=O)Nc1ccccn1. The number of nitrogens with one attached hydrogen (secondary N) is 2. The van der Waals surface area contributed by atoms with Gasteiger partial charge in [-0.1, -0.05) is 26.8 Å². The predicted octanol–water partition coefficient (Wildman–Crippen LogP) is 1.57. The van der Waals surface area contributed by atoms with Gasteiger partial charge in [-0.3, -0.25) is 9.59 Å². The van der Waals surface area contributed by atoms with E-state index in [2.05, 4.69) is 15.6 Å². The molecule has 2 N–H and O–H groups in total. The number of carbonyl (C=O) groups is 2. The predicted molar refractivity (Wildman–Crippen MR) is 69.9 cm³/mol. The van der Waals surface area contributed by atoms with Crippen molar-refractivity contribution in [1.82, 2.24) is 10.3 Å². The van der Waals surface area contributed by atoms with Crippen molar-refractivity contribution in [2.75, 3.05) is 5.32 Å². The molecule has 18 heavy (non-hydrogen) atoms. The molecule has 0 saturated carbocycles. The fourth-order valence-corrected chi connectivity index (χ4v) is 1.15. The highest BCUT2D eigenvalue weighted by molar-refractivity contribution is 5.96. The van der Waals surface area contributed by atoms with E-state index in [1.54, 1.807) is 52.1 Å². The number of hydrogen-bond acceptors (Lipinski definition) is 3. The Kier molecular flexibility index (Phi) is 4.42. The van der Waals surface area contributed by atoms with Gasteiger partial charge >= 0.3 is 0 Å². The van der Waals surface area contributed by atoms with Gasteiger partial charge in [0.1, 0.15) is 11.9 Å². The molecule has 1 aromatic rings. The van der Waals surface area contributed by atoms with Crippen LogP contribution in [0.25, 0.3) is 0 Å². The van der Waals surface area contributed by atoms with Gasteiger partial charge in [0.25, 0.3) is 0 Å². The van der Waals surface area contributed by atoms with Gasteiger partial charge in [0.2, 0.25) is 11.8 Å². The molecule has 0 bridgehead atoms. The number of carbonyl (C=O) groups excluding carboxylic acids is 2. The van der Waals surface area contributed by atoms with Crippen LogP contribution in [0.2, 0.25) is 0 Å². The number of pyridine rings is 1. The summed E-state index contributed by atoms with van der Waals surface area (Å²) < 4.78 is 0. The number of aromatic nitrogens is 1. The van der Waals surface area contributed by atoms with Crippen molar-refractivity contribution in [3.63, 3.8) is 0 Å². The van der Waals surface area contributed by atoms with Crippen LogP contribution in [-0.4, -0.2) is 22.8 Å². The smallest absolute Gasteiger partial charge is 0.247 e. The van der Waals surface area contributed by atoms with Gasteiger partial charge in [-0.2, -0.15) is 0 Å². The maximum Gasteiger partial charge on any atom is 0.247 e. The number of anilines is 1. The Labute approximate surface area is 107 Å². The Balaban J connectivity index is 2.55. The molecule has 0 aliphatic rings. The summed E-state index contributed by atoms with van der Waals surface area (Å²) in [4.78, 5) is 27.5. The van der Waals surface area contributed by atoms with Crippen LogP contribution in [-0.2, 0) is 9.59 Å². The van der Waals surface area contributed by atoms with E-state index in [0.717, 1.165) is 0 Å². The maximum atomic E-state index is 11.8. The third-order valence-corrected chi connectivity index (χ3v) is 2.34. The normalized spacial score (nSPS) is 12.7. The lowest BCUT2D eigenvalue weighted by atomic mass is 9.95. The van der Waals surface area contributed by atoms with E-state index in [1.807, 2.05) is 0 Å². The Bertz CT molecular complexity index is 424. The molecule has 1 rings (SSSR count). The van der Waals surface area contributed by atoms with E-state index >= 15 is 0 Å². The molecule has 0 aromatic carbocycles. The number of hydrogen-bond donors (Lipinski definition) is 2. The van der Waals surface area contributed by atoms with Crippen LogP contribution in [0.3, 0.4) is 0 Å². The molecule has 1 heterocycles. The molecule has 0 aliphatic carbocycles. The van der Waals surface area contributed by atoms with Crippen molar-refractivity contribution in [1.29, 1.82) is 0 Å². The van der Waals surface area contributed by atoms with Gasteiger partial charge in [-0.15, -0.1) is 0 Å². The lowest BCUT2D eigenvalue weighted by Gasteiger charge is -2.21. The molecule has 0 radical (unpaired) electrons. The summed E-state index contributed by atoms with van der Waals surface area (Å²) in [5.74, 6) is 0.0248. The van der Waals surface area contributed by atoms with Gasteiger partial charge in [0, 0.05) is 11.6 Å². The molecule has 98 valence electrons. The van der Waals surface area contributed by atoms with Crippen molar-refractivity contribution in [3.8, 4) is 0 Å². The second-order valence-electron chi connectivity index (χ2n) is 5.15. The molecule has 0 spiro atoms. The second kappa shape index (κ2) is 5.62. The first-order chi connectivity index (χ1) is 8.30. The van der Waals surface area contributed by atoms with Crippen molar-refractivity contribution in [2.24, 2.45) is 5.41 Å². The molecule has 0 aliphatic heterocycles. The number of nitrogens with zero attached hydrogens (tertiary/aromatic N) is 1. The summed E-state index contributed by atoms with van der Waals surface area (Å²) in [5.41, 5.74) is -0.514. The van der Waals surface area contributed by atoms with Crippen molar-refractivity contribution in [2.45, 2.75) is 33.7 Å². The fourth-order valence-electron chi connectivity index (χ4n) is 1.15. The standard InChI is InChI=1S/C13H19N3O2/c1-9(15-12(18)13(2,3)4)11(17)16-10-7-5-6-8-14-10/h5-9H,1-4H3,(H,15,18)(H,14,16,17). The van der Waals surface area contributed by atoms with Crippen molar-refractivity contribution >= 4 is 17.6 Å². The average molecular weight is 249 g/mol. The van der Waals surface area contributed by atoms with E-state index in [-0.39, 0.29) is 11.8 Å². The largest absolute Gasteiger partial charge is 0.344 e. The summed E-state index contributed by atoms with van der Waals surface area (Å²) in [6.45, 7) is 7.03. The van der Waals surface area contributed by atoms with Gasteiger partial charge in [-0.05, 0) is 19.1 Å². The third kappa shape index (κ3) is 4.16. The Hall–Kier alpha value is -1.91. The van der Waals surface area contributed by atoms with Crippen LogP contribution >= 0.6 is 0 Å². The lowest BCUT2D eigenvalue weighted by Crippen LogP contribution is -2.46. The van der Waals surface area contributed by atoms with E-state index in [0.29, 0.717) is 5.82 Å². The number of rotatable bonds is 3. The summed E-state index contributed by atoms with van der Waals surface area (Å²) in [6, 6.07) is 4.64. The van der Waals surface area contributed by atoms with Crippen LogP contribution < -0.4 is 10.6 Å². The van der Waals surface area contributed by atoms with Crippen LogP contribution in [0.1, 0.15) is 27.7 Å². The highest BCUT2D eigenvalue weighted by Crippen LogP contribution is 2.13. The molecule has 0 fully saturated rings. The topological polar surface area (TPSA) is 71.1 Å². The molecule has 1 atom stereocenters. The van der Waals surface area contributed by atoms with Crippen molar-refractivity contribution in [3.05, 3.63) is 24.4 Å². The molecule has 1 unspecified atom stereocenters. The summed E-state index contributed by atoms with van der Waals surface area (Å²) in [6.07, 6.45) is 1.59. The minimum absolute atomic E-state index is 0.161. The molecular weight excluding hydrogens is 230 g/mol. The summed E-state index contributed by atoms with van der Waals surface area (Å²) in [7, 11) is 0. The monoisotopic (exact) mass is 249 g/mol. The Morgan fingerprint density at radius 1 is 1.28 bits per heavy atom. The van der Waals surface area contributed by atoms with E-state index in [9.17, 15) is 9.59 Å². The highest BCUT2D eigenvalue weighted by atomic mass is 16.2. The first-order valence-electron chi connectivity index (χ1n) is 5.83. The van der Waals surface area contributed by atoms with Gasteiger partial charge in [0.15, 0.2) is 0 Å². The van der Waals surface area contributed by atoms with Crippen LogP contribution in [0.15, 0.2) is 24.4 Å². The number of amides is 2. The van der Waals surface area contributed by atoms with Gasteiger partial charge in [-0.25, -0.2) is 4.98 Å². The zero-order valence-electron chi connectivity index (χ0n) is 11.2. The van der Waals surface area contributed by atoms with Crippen LogP contribution in [0.4, 0.5) is 5.82 Å². The minimum Gasteiger partial charge on any atom is -0.344 e. The lowest BCUT2D eigenvalue weighted by molar-refractivity contribution is -0.131. The molecule has 5 nitrogen and oxygen atoms in total. The van der Waals surface area contributed by atoms with Crippen LogP contribution in [0, 0.1) is 5.41 Å². The Morgan fingerprint density at radius 2 is 1.94 bits per heavy atom. The van der Waals surface area contributed by atoms with Gasteiger partial charge in [0.05, 0.1) is 0 Å². The molecular formula is C13H19N3O2. The zero-order chi connectivity index (χ0) is 13.8. The zero-order valence-corrected chi connectivity index (χ0v) is 11.2. The first kappa shape index (κ1) is 14.2. The molecule has 0 saturated heterocycles. The van der Waals surface area contributed by atoms with Crippen LogP contribution in [0.5, 0.6) is 0 Å². The maximum absolute atomic E-state index is 11.8. The van der Waals surface area contributed by atoms with Crippen molar-refractivity contribution < 1.29 is 9.59 Å². The van der Waals surface area contributed by atoms with E-state index in [1.165, 1.54) is 0 Å². The van der Waals surface area contributed by atoms with E-state index in [4.69, 9.17) is 0 Å². The minimum atomic E-state index is -0.598. The quantitative estimate of drug-likeness (QED) is 0.854. The summed E-state index contributed by atoms with van der Waals surface area (Å²) in [5, 5.41) is 5.29. The molecule has 2 amide bonds. The first-order valence-corrected chi connectivity index (χ1v) is 5.83.